The van der Waals surface area contributed by atoms with Crippen LogP contribution in [-0.2, 0) is 6.42 Å². The molecule has 2 aromatic carbocycles. The van der Waals surface area contributed by atoms with Crippen molar-refractivity contribution in [2.24, 2.45) is 5.73 Å². The van der Waals surface area contributed by atoms with Crippen molar-refractivity contribution < 1.29 is 8.78 Å². The van der Waals surface area contributed by atoms with E-state index in [0.717, 1.165) is 5.56 Å². The van der Waals surface area contributed by atoms with Crippen LogP contribution in [0.15, 0.2) is 42.5 Å². The molecule has 4 heteroatoms. The van der Waals surface area contributed by atoms with Crippen molar-refractivity contribution >= 4 is 11.6 Å². The quantitative estimate of drug-likeness (QED) is 0.904. The van der Waals surface area contributed by atoms with Crippen molar-refractivity contribution in [3.8, 4) is 0 Å². The lowest BCUT2D eigenvalue weighted by atomic mass is 9.92. The highest BCUT2D eigenvalue weighted by molar-refractivity contribution is 6.31. The van der Waals surface area contributed by atoms with E-state index in [9.17, 15) is 8.78 Å². The molecule has 0 saturated heterocycles. The van der Waals surface area contributed by atoms with Crippen molar-refractivity contribution in [3.63, 3.8) is 0 Å². The van der Waals surface area contributed by atoms with Gasteiger partial charge in [-0.3, -0.25) is 0 Å². The summed E-state index contributed by atoms with van der Waals surface area (Å²) in [7, 11) is 0. The number of rotatable bonds is 4. The Hall–Kier alpha value is -1.45. The first kappa shape index (κ1) is 14.0. The normalized spacial score (nSPS) is 12.4. The van der Waals surface area contributed by atoms with Crippen LogP contribution in [0.1, 0.15) is 17.0 Å². The molecule has 2 N–H and O–H groups in total. The summed E-state index contributed by atoms with van der Waals surface area (Å²) in [5.74, 6) is -0.731. The molecule has 0 saturated carbocycles. The predicted octanol–water partition coefficient (Wildman–Crippen LogP) is 3.90. The molecule has 1 nitrogen and oxygen atoms in total. The number of benzene rings is 2. The van der Waals surface area contributed by atoms with E-state index < -0.39 is 0 Å². The molecule has 0 heterocycles. The summed E-state index contributed by atoms with van der Waals surface area (Å²) in [6.45, 7) is 0.344. The summed E-state index contributed by atoms with van der Waals surface area (Å²) in [5, 5.41) is 0.497. The minimum Gasteiger partial charge on any atom is -0.330 e. The third kappa shape index (κ3) is 3.52. The van der Waals surface area contributed by atoms with E-state index in [4.69, 9.17) is 17.3 Å². The molecule has 2 rings (SSSR count). The molecule has 0 aliphatic carbocycles. The summed E-state index contributed by atoms with van der Waals surface area (Å²) in [6.07, 6.45) is 0.483. The summed E-state index contributed by atoms with van der Waals surface area (Å²) < 4.78 is 26.4. The van der Waals surface area contributed by atoms with E-state index in [2.05, 4.69) is 0 Å². The highest BCUT2D eigenvalue weighted by Crippen LogP contribution is 2.25. The molecular weight excluding hydrogens is 268 g/mol. The number of hydrogen-bond acceptors (Lipinski definition) is 1. The molecule has 0 bridgehead atoms. The molecule has 19 heavy (non-hydrogen) atoms. The summed E-state index contributed by atoms with van der Waals surface area (Å²) in [4.78, 5) is 0. The highest BCUT2D eigenvalue weighted by Gasteiger charge is 2.14. The monoisotopic (exact) mass is 281 g/mol. The van der Waals surface area contributed by atoms with E-state index in [0.29, 0.717) is 23.6 Å². The van der Waals surface area contributed by atoms with Crippen LogP contribution in [0.3, 0.4) is 0 Å². The Morgan fingerprint density at radius 3 is 2.47 bits per heavy atom. The summed E-state index contributed by atoms with van der Waals surface area (Å²) >= 11 is 6.03. The zero-order valence-electron chi connectivity index (χ0n) is 10.2. The first-order valence-electron chi connectivity index (χ1n) is 5.99. The maximum atomic E-state index is 13.2. The molecule has 0 aromatic heterocycles. The average molecular weight is 282 g/mol. The third-order valence-corrected chi connectivity index (χ3v) is 3.45. The highest BCUT2D eigenvalue weighted by atomic mass is 35.5. The third-order valence-electron chi connectivity index (χ3n) is 3.08. The second-order valence-electron chi connectivity index (χ2n) is 4.43. The minimum absolute atomic E-state index is 0.0880. The van der Waals surface area contributed by atoms with Crippen LogP contribution in [0.5, 0.6) is 0 Å². The smallest absolute Gasteiger partial charge is 0.123 e. The van der Waals surface area contributed by atoms with Crippen LogP contribution >= 0.6 is 11.6 Å². The molecule has 2 aromatic rings. The van der Waals surface area contributed by atoms with Crippen molar-refractivity contribution in [2.45, 2.75) is 12.3 Å². The van der Waals surface area contributed by atoms with Gasteiger partial charge < -0.3 is 5.73 Å². The number of halogens is 3. The van der Waals surface area contributed by atoms with Gasteiger partial charge in [0.1, 0.15) is 11.6 Å². The molecule has 1 unspecified atom stereocenters. The van der Waals surface area contributed by atoms with E-state index in [1.54, 1.807) is 6.07 Å². The lowest BCUT2D eigenvalue weighted by molar-refractivity contribution is 0.611. The van der Waals surface area contributed by atoms with Gasteiger partial charge in [0.05, 0.1) is 0 Å². The topological polar surface area (TPSA) is 26.0 Å². The van der Waals surface area contributed by atoms with Gasteiger partial charge in [-0.05, 0) is 54.4 Å². The molecule has 0 aliphatic heterocycles. The molecule has 0 radical (unpaired) electrons. The fourth-order valence-corrected chi connectivity index (χ4v) is 2.26. The van der Waals surface area contributed by atoms with Gasteiger partial charge in [-0.2, -0.15) is 0 Å². The van der Waals surface area contributed by atoms with Crippen molar-refractivity contribution in [2.75, 3.05) is 6.54 Å². The fourth-order valence-electron chi connectivity index (χ4n) is 2.06. The Morgan fingerprint density at radius 1 is 1.05 bits per heavy atom. The van der Waals surface area contributed by atoms with Gasteiger partial charge in [0, 0.05) is 10.9 Å². The molecule has 1 atom stereocenters. The van der Waals surface area contributed by atoms with Gasteiger partial charge in [-0.25, -0.2) is 8.78 Å². The molecule has 100 valence electrons. The van der Waals surface area contributed by atoms with Crippen LogP contribution in [0.4, 0.5) is 8.78 Å². The van der Waals surface area contributed by atoms with Crippen LogP contribution < -0.4 is 5.73 Å². The zero-order chi connectivity index (χ0) is 13.8. The second kappa shape index (κ2) is 6.13. The van der Waals surface area contributed by atoms with Gasteiger partial charge in [0.25, 0.3) is 0 Å². The maximum Gasteiger partial charge on any atom is 0.123 e. The first-order valence-corrected chi connectivity index (χ1v) is 6.37. The van der Waals surface area contributed by atoms with E-state index in [1.165, 1.54) is 30.3 Å². The molecule has 0 spiro atoms. The molecule has 0 aliphatic rings. The minimum atomic E-state index is -0.339. The first-order chi connectivity index (χ1) is 9.10. The largest absolute Gasteiger partial charge is 0.330 e. The summed E-state index contributed by atoms with van der Waals surface area (Å²) in [5.41, 5.74) is 7.21. The lowest BCUT2D eigenvalue weighted by Gasteiger charge is -2.16. The van der Waals surface area contributed by atoms with Crippen LogP contribution in [0.2, 0.25) is 5.02 Å². The van der Waals surface area contributed by atoms with Gasteiger partial charge in [0.2, 0.25) is 0 Å². The van der Waals surface area contributed by atoms with Gasteiger partial charge in [-0.15, -0.1) is 0 Å². The van der Waals surface area contributed by atoms with Gasteiger partial charge in [-0.1, -0.05) is 23.7 Å². The standard InChI is InChI=1S/C15H14ClF2N/c16-15-5-4-14(18)8-11(15)6-12(9-19)10-2-1-3-13(17)7-10/h1-5,7-8,12H,6,9,19H2. The molecular formula is C15H14ClF2N. The molecule has 0 amide bonds. The van der Waals surface area contributed by atoms with Crippen molar-refractivity contribution in [1.29, 1.82) is 0 Å². The van der Waals surface area contributed by atoms with E-state index in [1.807, 2.05) is 6.07 Å². The van der Waals surface area contributed by atoms with E-state index >= 15 is 0 Å². The lowest BCUT2D eigenvalue weighted by Crippen LogP contribution is -2.15. The Bertz CT molecular complexity index is 572. The van der Waals surface area contributed by atoms with Crippen molar-refractivity contribution in [1.82, 2.24) is 0 Å². The van der Waals surface area contributed by atoms with Crippen LogP contribution in [0, 0.1) is 11.6 Å². The molecule has 0 fully saturated rings. The van der Waals surface area contributed by atoms with Gasteiger partial charge >= 0.3 is 0 Å². The summed E-state index contributed by atoms with van der Waals surface area (Å²) in [6, 6.07) is 10.5. The zero-order valence-corrected chi connectivity index (χ0v) is 11.0. The Morgan fingerprint density at radius 2 is 1.79 bits per heavy atom. The maximum absolute atomic E-state index is 13.2. The Balaban J connectivity index is 2.26. The van der Waals surface area contributed by atoms with Crippen LogP contribution in [0.25, 0.3) is 0 Å². The second-order valence-corrected chi connectivity index (χ2v) is 4.83. The fraction of sp³-hybridized carbons (Fsp3) is 0.200. The predicted molar refractivity (Wildman–Crippen MR) is 73.3 cm³/mol. The van der Waals surface area contributed by atoms with Crippen LogP contribution in [-0.4, -0.2) is 6.54 Å². The number of nitrogens with two attached hydrogens (primary N) is 1. The average Bonchev–Trinajstić information content (AvgIpc) is 2.39. The van der Waals surface area contributed by atoms with Crippen molar-refractivity contribution in [3.05, 3.63) is 70.2 Å². The van der Waals surface area contributed by atoms with E-state index in [-0.39, 0.29) is 17.6 Å². The van der Waals surface area contributed by atoms with Gasteiger partial charge in [0.15, 0.2) is 0 Å². The Labute approximate surface area is 116 Å². The Kier molecular flexibility index (Phi) is 4.51. The number of hydrogen-bond donors (Lipinski definition) is 1. The SMILES string of the molecule is NCC(Cc1cc(F)ccc1Cl)c1cccc(F)c1.